The third-order valence-corrected chi connectivity index (χ3v) is 7.79. The molecule has 9 nitrogen and oxygen atoms in total. The molecular weight excluding hydrogens is 490 g/mol. The molecule has 0 bridgehead atoms. The number of hydrogen-bond donors (Lipinski definition) is 2. The molecule has 1 aromatic carbocycles. The van der Waals surface area contributed by atoms with E-state index >= 15 is 4.39 Å². The number of hydrogen-bond acceptors (Lipinski definition) is 10. The van der Waals surface area contributed by atoms with Crippen molar-refractivity contribution in [1.29, 1.82) is 0 Å². The van der Waals surface area contributed by atoms with Crippen LogP contribution in [0.5, 0.6) is 5.75 Å². The van der Waals surface area contributed by atoms with E-state index in [9.17, 15) is 4.39 Å². The zero-order chi connectivity index (χ0) is 25.3. The molecule has 0 radical (unpaired) electrons. The standard InChI is InChI=1S/C24H26F2N6O3S/c1-33-5-6-35-15-8-18-20(28-10-15)21(30-13-29-18)31-14-3-4-17(26)16(7-14)24(11-25)19-9-23(19,12-34-2)36-22(27)32-24/h3-4,7-8,10,13,19H,5-6,9,11-12H2,1-2H3,(H2,27,32)(H,29,30,31)/t19-,23-,24-/m1/s1. The molecule has 0 unspecified atom stereocenters. The number of ether oxygens (including phenoxy) is 3. The minimum absolute atomic E-state index is 0.140. The quantitative estimate of drug-likeness (QED) is 0.390. The van der Waals surface area contributed by atoms with Crippen LogP contribution < -0.4 is 15.8 Å². The summed E-state index contributed by atoms with van der Waals surface area (Å²) in [6, 6.07) is 6.16. The van der Waals surface area contributed by atoms with Gasteiger partial charge in [0, 0.05) is 37.5 Å². The number of thioether (sulfide) groups is 1. The molecule has 2 aliphatic rings. The van der Waals surface area contributed by atoms with E-state index in [0.717, 1.165) is 0 Å². The van der Waals surface area contributed by atoms with E-state index < -0.39 is 22.8 Å². The van der Waals surface area contributed by atoms with Crippen LogP contribution in [0, 0.1) is 11.7 Å². The number of nitrogens with zero attached hydrogens (tertiary/aromatic N) is 4. The molecule has 3 aromatic rings. The fourth-order valence-corrected chi connectivity index (χ4v) is 6.18. The second-order valence-corrected chi connectivity index (χ2v) is 10.2. The predicted molar refractivity (Wildman–Crippen MR) is 134 cm³/mol. The van der Waals surface area contributed by atoms with Crippen molar-refractivity contribution in [3.63, 3.8) is 0 Å². The summed E-state index contributed by atoms with van der Waals surface area (Å²) < 4.78 is 45.5. The number of benzene rings is 1. The summed E-state index contributed by atoms with van der Waals surface area (Å²) >= 11 is 1.38. The van der Waals surface area contributed by atoms with Crippen molar-refractivity contribution < 1.29 is 23.0 Å². The molecule has 1 saturated carbocycles. The van der Waals surface area contributed by atoms with Crippen LogP contribution in [-0.2, 0) is 15.0 Å². The maximum atomic E-state index is 15.2. The summed E-state index contributed by atoms with van der Waals surface area (Å²) in [5, 5.41) is 3.40. The summed E-state index contributed by atoms with van der Waals surface area (Å²) in [7, 11) is 3.18. The summed E-state index contributed by atoms with van der Waals surface area (Å²) in [5.74, 6) is 0.170. The van der Waals surface area contributed by atoms with Gasteiger partial charge in [0.25, 0.3) is 0 Å². The molecule has 1 aliphatic heterocycles. The summed E-state index contributed by atoms with van der Waals surface area (Å²) in [6.45, 7) is 0.334. The number of rotatable bonds is 10. The molecule has 1 fully saturated rings. The van der Waals surface area contributed by atoms with Gasteiger partial charge in [-0.25, -0.2) is 28.7 Å². The monoisotopic (exact) mass is 516 g/mol. The number of fused-ring (bicyclic) bond motifs is 2. The van der Waals surface area contributed by atoms with Crippen molar-refractivity contribution in [3.8, 4) is 5.75 Å². The second kappa shape index (κ2) is 9.75. The molecule has 1 aliphatic carbocycles. The molecule has 3 heterocycles. The Hall–Kier alpha value is -3.09. The minimum Gasteiger partial charge on any atom is -0.489 e. The minimum atomic E-state index is -1.42. The van der Waals surface area contributed by atoms with E-state index in [0.29, 0.717) is 54.5 Å². The first-order valence-electron chi connectivity index (χ1n) is 11.3. The fraction of sp³-hybridized carbons (Fsp3) is 0.417. The van der Waals surface area contributed by atoms with E-state index in [2.05, 4.69) is 25.3 Å². The van der Waals surface area contributed by atoms with E-state index in [1.807, 2.05) is 0 Å². The third kappa shape index (κ3) is 4.33. The Morgan fingerprint density at radius 3 is 2.81 bits per heavy atom. The van der Waals surface area contributed by atoms with Crippen molar-refractivity contribution in [1.82, 2.24) is 15.0 Å². The van der Waals surface area contributed by atoms with Gasteiger partial charge in [-0.2, -0.15) is 0 Å². The zero-order valence-corrected chi connectivity index (χ0v) is 20.6. The molecule has 190 valence electrons. The molecule has 2 aromatic heterocycles. The van der Waals surface area contributed by atoms with Gasteiger partial charge in [-0.05, 0) is 24.6 Å². The molecule has 0 saturated heterocycles. The van der Waals surface area contributed by atoms with Crippen molar-refractivity contribution in [2.45, 2.75) is 16.7 Å². The number of aromatic nitrogens is 3. The Morgan fingerprint density at radius 2 is 2.03 bits per heavy atom. The smallest absolute Gasteiger partial charge is 0.160 e. The molecule has 36 heavy (non-hydrogen) atoms. The highest BCUT2D eigenvalue weighted by Gasteiger charge is 2.68. The number of nitrogens with two attached hydrogens (primary N) is 1. The average molecular weight is 517 g/mol. The Morgan fingerprint density at radius 1 is 1.17 bits per heavy atom. The molecule has 3 atom stereocenters. The highest BCUT2D eigenvalue weighted by atomic mass is 32.2. The van der Waals surface area contributed by atoms with E-state index in [1.165, 1.54) is 24.2 Å². The maximum Gasteiger partial charge on any atom is 0.160 e. The van der Waals surface area contributed by atoms with Crippen molar-refractivity contribution in [2.75, 3.05) is 46.0 Å². The Balaban J connectivity index is 1.47. The number of amidine groups is 1. The van der Waals surface area contributed by atoms with E-state index in [4.69, 9.17) is 19.9 Å². The van der Waals surface area contributed by atoms with Gasteiger partial charge < -0.3 is 25.3 Å². The Bertz CT molecular complexity index is 1310. The lowest BCUT2D eigenvalue weighted by atomic mass is 9.84. The summed E-state index contributed by atoms with van der Waals surface area (Å²) in [4.78, 5) is 17.5. The van der Waals surface area contributed by atoms with Crippen LogP contribution in [0.15, 0.2) is 41.8 Å². The highest BCUT2D eigenvalue weighted by Crippen LogP contribution is 2.66. The van der Waals surface area contributed by atoms with Crippen LogP contribution in [-0.4, -0.2) is 65.6 Å². The normalized spacial score (nSPS) is 24.8. The van der Waals surface area contributed by atoms with E-state index in [-0.39, 0.29) is 16.6 Å². The average Bonchev–Trinajstić information content (AvgIpc) is 3.59. The number of nitrogens with one attached hydrogen (secondary N) is 1. The first-order valence-corrected chi connectivity index (χ1v) is 12.1. The number of pyridine rings is 1. The first-order chi connectivity index (χ1) is 17.4. The third-order valence-electron chi connectivity index (χ3n) is 6.51. The van der Waals surface area contributed by atoms with Crippen molar-refractivity contribution in [3.05, 3.63) is 48.2 Å². The zero-order valence-electron chi connectivity index (χ0n) is 19.8. The summed E-state index contributed by atoms with van der Waals surface area (Å²) in [5.41, 5.74) is 6.38. The van der Waals surface area contributed by atoms with Crippen LogP contribution in [0.1, 0.15) is 12.0 Å². The predicted octanol–water partition coefficient (Wildman–Crippen LogP) is 3.56. The second-order valence-electron chi connectivity index (χ2n) is 8.79. The number of halogens is 2. The lowest BCUT2D eigenvalue weighted by Gasteiger charge is -2.35. The van der Waals surface area contributed by atoms with Gasteiger partial charge in [0.05, 0.1) is 29.7 Å². The largest absolute Gasteiger partial charge is 0.489 e. The van der Waals surface area contributed by atoms with E-state index in [1.54, 1.807) is 38.6 Å². The van der Waals surface area contributed by atoms with Crippen LogP contribution in [0.3, 0.4) is 0 Å². The fourth-order valence-electron chi connectivity index (χ4n) is 4.80. The van der Waals surface area contributed by atoms with Gasteiger partial charge in [-0.1, -0.05) is 11.8 Å². The molecule has 0 spiro atoms. The van der Waals surface area contributed by atoms with Gasteiger partial charge in [0.2, 0.25) is 0 Å². The molecular formula is C24H26F2N6O3S. The lowest BCUT2D eigenvalue weighted by molar-refractivity contribution is 0.146. The van der Waals surface area contributed by atoms with Crippen LogP contribution in [0.25, 0.3) is 11.0 Å². The maximum absolute atomic E-state index is 15.2. The highest BCUT2D eigenvalue weighted by molar-refractivity contribution is 8.15. The van der Waals surface area contributed by atoms with Crippen molar-refractivity contribution in [2.24, 2.45) is 16.6 Å². The lowest BCUT2D eigenvalue weighted by Crippen LogP contribution is -2.41. The Labute approximate surface area is 210 Å². The van der Waals surface area contributed by atoms with Gasteiger partial charge in [0.15, 0.2) is 11.0 Å². The SMILES string of the molecule is COCCOc1cnc2c(Nc3ccc(F)c([C@@]4(CF)N=C(N)S[C@@]5(COC)C[C@H]54)c3)ncnc2c1. The van der Waals surface area contributed by atoms with Gasteiger partial charge in [-0.15, -0.1) is 0 Å². The topological polar surface area (TPSA) is 117 Å². The van der Waals surface area contributed by atoms with Crippen LogP contribution in [0.4, 0.5) is 20.3 Å². The molecule has 5 rings (SSSR count). The van der Waals surface area contributed by atoms with Crippen molar-refractivity contribution >= 4 is 39.5 Å². The summed E-state index contributed by atoms with van der Waals surface area (Å²) in [6.07, 6.45) is 3.60. The molecule has 12 heteroatoms. The number of alkyl halides is 1. The first kappa shape index (κ1) is 24.6. The van der Waals surface area contributed by atoms with Crippen LogP contribution >= 0.6 is 11.8 Å². The van der Waals surface area contributed by atoms with Gasteiger partial charge in [0.1, 0.15) is 42.2 Å². The number of methoxy groups -OCH3 is 2. The van der Waals surface area contributed by atoms with Crippen LogP contribution in [0.2, 0.25) is 0 Å². The van der Waals surface area contributed by atoms with Gasteiger partial charge >= 0.3 is 0 Å². The molecule has 3 N–H and O–H groups in total. The molecule has 0 amide bonds. The Kier molecular flexibility index (Phi) is 6.66. The number of aliphatic imine (C=N–C) groups is 1. The van der Waals surface area contributed by atoms with Gasteiger partial charge in [-0.3, -0.25) is 0 Å². The number of anilines is 2.